The third-order valence-electron chi connectivity index (χ3n) is 6.63. The fourth-order valence-corrected chi connectivity index (χ4v) is 5.66. The zero-order valence-electron chi connectivity index (χ0n) is 23.9. The Balaban J connectivity index is 2.09. The van der Waals surface area contributed by atoms with Gasteiger partial charge in [-0.3, -0.25) is 13.9 Å². The van der Waals surface area contributed by atoms with Gasteiger partial charge >= 0.3 is 0 Å². The van der Waals surface area contributed by atoms with Crippen molar-refractivity contribution < 1.29 is 22.7 Å². The van der Waals surface area contributed by atoms with Crippen molar-refractivity contribution in [2.75, 3.05) is 23.7 Å². The highest BCUT2D eigenvalue weighted by atomic mass is 79.9. The zero-order chi connectivity index (χ0) is 30.0. The van der Waals surface area contributed by atoms with Crippen molar-refractivity contribution >= 4 is 43.5 Å². The highest BCUT2D eigenvalue weighted by Crippen LogP contribution is 2.30. The van der Waals surface area contributed by atoms with Crippen LogP contribution in [0.3, 0.4) is 0 Å². The number of rotatable bonds is 14. The lowest BCUT2D eigenvalue weighted by molar-refractivity contribution is -0.140. The molecule has 3 aromatic carbocycles. The van der Waals surface area contributed by atoms with E-state index in [1.54, 1.807) is 31.2 Å². The Morgan fingerprint density at radius 2 is 1.61 bits per heavy atom. The molecule has 0 spiro atoms. The normalized spacial score (nSPS) is 12.7. The molecule has 220 valence electrons. The molecular formula is C31H38BrN3O5S. The van der Waals surface area contributed by atoms with E-state index in [1.165, 1.54) is 4.90 Å². The summed E-state index contributed by atoms with van der Waals surface area (Å²) >= 11 is 3.49. The van der Waals surface area contributed by atoms with Crippen LogP contribution in [-0.4, -0.2) is 56.6 Å². The second-order valence-electron chi connectivity index (χ2n) is 9.85. The topological polar surface area (TPSA) is 96.0 Å². The van der Waals surface area contributed by atoms with Crippen LogP contribution in [0.2, 0.25) is 0 Å². The van der Waals surface area contributed by atoms with Crippen molar-refractivity contribution in [3.8, 4) is 5.75 Å². The Hall–Kier alpha value is -3.37. The van der Waals surface area contributed by atoms with Crippen molar-refractivity contribution in [2.45, 2.75) is 52.2 Å². The average Bonchev–Trinajstić information content (AvgIpc) is 2.94. The monoisotopic (exact) mass is 643 g/mol. The number of nitrogens with zero attached hydrogens (tertiary/aromatic N) is 2. The zero-order valence-corrected chi connectivity index (χ0v) is 26.3. The van der Waals surface area contributed by atoms with E-state index in [9.17, 15) is 18.0 Å². The van der Waals surface area contributed by atoms with Crippen LogP contribution < -0.4 is 14.4 Å². The van der Waals surface area contributed by atoms with Crippen LogP contribution in [0.15, 0.2) is 83.3 Å². The molecule has 0 aliphatic carbocycles. The Kier molecular flexibility index (Phi) is 11.8. The number of halogens is 1. The van der Waals surface area contributed by atoms with Crippen LogP contribution in [0.4, 0.5) is 5.69 Å². The maximum absolute atomic E-state index is 14.2. The standard InChI is InChI=1S/C31H38BrN3O5S/c1-5-23(3)33-31(37)28(20-24-13-8-7-9-14-24)34(21-25-15-12-16-26(32)19-25)30(36)22-35(41(4,38)39)27-17-10-11-18-29(27)40-6-2/h7-19,23,28H,5-6,20-22H2,1-4H3,(H,33,37). The third kappa shape index (κ3) is 9.33. The minimum Gasteiger partial charge on any atom is -0.492 e. The van der Waals surface area contributed by atoms with Gasteiger partial charge in [0.05, 0.1) is 18.6 Å². The summed E-state index contributed by atoms with van der Waals surface area (Å²) in [6.07, 6.45) is 2.04. The van der Waals surface area contributed by atoms with E-state index in [-0.39, 0.29) is 30.6 Å². The molecule has 0 aromatic heterocycles. The van der Waals surface area contributed by atoms with Gasteiger partial charge in [0, 0.05) is 23.5 Å². The molecule has 41 heavy (non-hydrogen) atoms. The Morgan fingerprint density at radius 1 is 0.951 bits per heavy atom. The molecule has 0 saturated heterocycles. The largest absolute Gasteiger partial charge is 0.492 e. The lowest BCUT2D eigenvalue weighted by Gasteiger charge is -2.34. The summed E-state index contributed by atoms with van der Waals surface area (Å²) in [5.41, 5.74) is 1.93. The fourth-order valence-electron chi connectivity index (χ4n) is 4.36. The van der Waals surface area contributed by atoms with Crippen LogP contribution in [0.1, 0.15) is 38.3 Å². The van der Waals surface area contributed by atoms with Gasteiger partial charge in [-0.25, -0.2) is 8.42 Å². The van der Waals surface area contributed by atoms with Gasteiger partial charge in [0.25, 0.3) is 0 Å². The van der Waals surface area contributed by atoms with Crippen molar-refractivity contribution in [2.24, 2.45) is 0 Å². The number of hydrogen-bond donors (Lipinski definition) is 1. The van der Waals surface area contributed by atoms with Crippen molar-refractivity contribution in [3.05, 3.63) is 94.5 Å². The molecular weight excluding hydrogens is 606 g/mol. The summed E-state index contributed by atoms with van der Waals surface area (Å²) < 4.78 is 33.6. The molecule has 0 aliphatic heterocycles. The third-order valence-corrected chi connectivity index (χ3v) is 8.25. The minimum absolute atomic E-state index is 0.103. The predicted octanol–water partition coefficient (Wildman–Crippen LogP) is 5.17. The summed E-state index contributed by atoms with van der Waals surface area (Å²) in [5.74, 6) is -0.462. The number of ether oxygens (including phenoxy) is 1. The highest BCUT2D eigenvalue weighted by molar-refractivity contribution is 9.10. The smallest absolute Gasteiger partial charge is 0.244 e. The molecule has 10 heteroatoms. The molecule has 2 amide bonds. The molecule has 3 aromatic rings. The van der Waals surface area contributed by atoms with Gasteiger partial charge < -0.3 is 15.0 Å². The quantitative estimate of drug-likeness (QED) is 0.262. The van der Waals surface area contributed by atoms with E-state index >= 15 is 0 Å². The van der Waals surface area contributed by atoms with Crippen LogP contribution >= 0.6 is 15.9 Å². The number of hydrogen-bond acceptors (Lipinski definition) is 5. The number of amides is 2. The molecule has 1 N–H and O–H groups in total. The number of anilines is 1. The Labute approximate surface area is 251 Å². The van der Waals surface area contributed by atoms with Crippen molar-refractivity contribution in [1.82, 2.24) is 10.2 Å². The van der Waals surface area contributed by atoms with Gasteiger partial charge in [-0.05, 0) is 55.7 Å². The van der Waals surface area contributed by atoms with E-state index in [0.29, 0.717) is 12.4 Å². The Bertz CT molecular complexity index is 1420. The maximum Gasteiger partial charge on any atom is 0.244 e. The molecule has 0 saturated carbocycles. The van der Waals surface area contributed by atoms with Crippen LogP contribution in [-0.2, 0) is 32.6 Å². The van der Waals surface area contributed by atoms with Gasteiger partial charge in [0.15, 0.2) is 0 Å². The van der Waals surface area contributed by atoms with Gasteiger partial charge in [0.2, 0.25) is 21.8 Å². The van der Waals surface area contributed by atoms with Crippen LogP contribution in [0, 0.1) is 0 Å². The number of para-hydroxylation sites is 2. The number of carbonyl (C=O) groups excluding carboxylic acids is 2. The highest BCUT2D eigenvalue weighted by Gasteiger charge is 2.34. The second-order valence-corrected chi connectivity index (χ2v) is 12.7. The number of nitrogens with one attached hydrogen (secondary N) is 1. The van der Waals surface area contributed by atoms with E-state index in [0.717, 1.165) is 32.6 Å². The number of benzene rings is 3. The summed E-state index contributed by atoms with van der Waals surface area (Å²) in [4.78, 5) is 29.4. The lowest BCUT2D eigenvalue weighted by Crippen LogP contribution is -2.54. The van der Waals surface area contributed by atoms with Crippen molar-refractivity contribution in [1.29, 1.82) is 0 Å². The molecule has 0 bridgehead atoms. The SMILES string of the molecule is CCOc1ccccc1N(CC(=O)N(Cc1cccc(Br)c1)C(Cc1ccccc1)C(=O)NC(C)CC)S(C)(=O)=O. The summed E-state index contributed by atoms with van der Waals surface area (Å²) in [7, 11) is -3.90. The Morgan fingerprint density at radius 3 is 2.24 bits per heavy atom. The van der Waals surface area contributed by atoms with Gasteiger partial charge in [0.1, 0.15) is 18.3 Å². The molecule has 0 radical (unpaired) electrons. The van der Waals surface area contributed by atoms with Gasteiger partial charge in [-0.1, -0.05) is 77.5 Å². The minimum atomic E-state index is -3.90. The molecule has 2 atom stereocenters. The summed E-state index contributed by atoms with van der Waals surface area (Å²) in [6, 6.07) is 22.7. The number of carbonyl (C=O) groups is 2. The molecule has 0 fully saturated rings. The van der Waals surface area contributed by atoms with E-state index in [2.05, 4.69) is 21.2 Å². The van der Waals surface area contributed by atoms with E-state index in [1.807, 2.05) is 68.4 Å². The average molecular weight is 645 g/mol. The maximum atomic E-state index is 14.2. The van der Waals surface area contributed by atoms with Gasteiger partial charge in [-0.15, -0.1) is 0 Å². The number of sulfonamides is 1. The first-order valence-electron chi connectivity index (χ1n) is 13.6. The summed E-state index contributed by atoms with van der Waals surface area (Å²) in [6.45, 7) is 5.62. The van der Waals surface area contributed by atoms with Crippen molar-refractivity contribution in [3.63, 3.8) is 0 Å². The van der Waals surface area contributed by atoms with E-state index < -0.39 is 28.5 Å². The molecule has 8 nitrogen and oxygen atoms in total. The molecule has 3 rings (SSSR count). The van der Waals surface area contributed by atoms with Gasteiger partial charge in [-0.2, -0.15) is 0 Å². The second kappa shape index (κ2) is 15.0. The first-order chi connectivity index (χ1) is 19.5. The fraction of sp³-hybridized carbons (Fsp3) is 0.355. The van der Waals surface area contributed by atoms with E-state index in [4.69, 9.17) is 4.74 Å². The van der Waals surface area contributed by atoms with Crippen LogP contribution in [0.5, 0.6) is 5.75 Å². The molecule has 0 heterocycles. The van der Waals surface area contributed by atoms with Crippen LogP contribution in [0.25, 0.3) is 0 Å². The molecule has 0 aliphatic rings. The first-order valence-corrected chi connectivity index (χ1v) is 16.2. The molecule has 2 unspecified atom stereocenters. The summed E-state index contributed by atoms with van der Waals surface area (Å²) in [5, 5.41) is 3.03. The first kappa shape index (κ1) is 32.1. The lowest BCUT2D eigenvalue weighted by atomic mass is 10.0. The predicted molar refractivity (Wildman–Crippen MR) is 166 cm³/mol.